The summed E-state index contributed by atoms with van der Waals surface area (Å²) in [5, 5.41) is 4.27. The highest BCUT2D eigenvalue weighted by Crippen LogP contribution is 2.29. The van der Waals surface area contributed by atoms with Gasteiger partial charge in [0, 0.05) is 15.3 Å². The van der Waals surface area contributed by atoms with Crippen molar-refractivity contribution in [2.45, 2.75) is 0 Å². The summed E-state index contributed by atoms with van der Waals surface area (Å²) in [5.74, 6) is 0. The highest BCUT2D eigenvalue weighted by atomic mass is 32.1. The molecular weight excluding hydrogens is 184 g/mol. The van der Waals surface area contributed by atoms with Gasteiger partial charge in [0.1, 0.15) is 0 Å². The summed E-state index contributed by atoms with van der Waals surface area (Å²) in [4.78, 5) is 2.57. The molecule has 2 heterocycles. The minimum Gasteiger partial charge on any atom is -0.144 e. The summed E-state index contributed by atoms with van der Waals surface area (Å²) in [7, 11) is 0. The second kappa shape index (κ2) is 3.25. The lowest BCUT2D eigenvalue weighted by molar-refractivity contribution is 1.87. The predicted octanol–water partition coefficient (Wildman–Crippen LogP) is 4.12. The molecule has 0 atom stereocenters. The number of thiophene rings is 2. The van der Waals surface area contributed by atoms with Crippen LogP contribution in [0.2, 0.25) is 0 Å². The van der Waals surface area contributed by atoms with Crippen molar-refractivity contribution in [2.75, 3.05) is 0 Å². The van der Waals surface area contributed by atoms with E-state index in [1.807, 2.05) is 6.08 Å². The van der Waals surface area contributed by atoms with E-state index in [9.17, 15) is 0 Å². The largest absolute Gasteiger partial charge is 0.144 e. The zero-order chi connectivity index (χ0) is 8.39. The SMILES string of the molecule is C=Cc1cc(-c2cccs2)cs1. The van der Waals surface area contributed by atoms with Crippen molar-refractivity contribution in [3.05, 3.63) is 40.4 Å². The molecular formula is C10H8S2. The van der Waals surface area contributed by atoms with Crippen LogP contribution in [0.4, 0.5) is 0 Å². The van der Waals surface area contributed by atoms with E-state index >= 15 is 0 Å². The number of hydrogen-bond donors (Lipinski definition) is 0. The van der Waals surface area contributed by atoms with E-state index in [0.717, 1.165) is 0 Å². The Morgan fingerprint density at radius 2 is 2.25 bits per heavy atom. The smallest absolute Gasteiger partial charge is 0.0351 e. The van der Waals surface area contributed by atoms with Gasteiger partial charge in [-0.15, -0.1) is 22.7 Å². The molecule has 0 aliphatic rings. The fraction of sp³-hybridized carbons (Fsp3) is 0. The van der Waals surface area contributed by atoms with E-state index in [1.165, 1.54) is 15.3 Å². The summed E-state index contributed by atoms with van der Waals surface area (Å²) >= 11 is 3.51. The highest BCUT2D eigenvalue weighted by molar-refractivity contribution is 7.15. The van der Waals surface area contributed by atoms with Crippen LogP contribution in [0.1, 0.15) is 4.88 Å². The zero-order valence-electron chi connectivity index (χ0n) is 6.49. The van der Waals surface area contributed by atoms with E-state index in [4.69, 9.17) is 0 Å². The van der Waals surface area contributed by atoms with Crippen LogP contribution in [-0.2, 0) is 0 Å². The van der Waals surface area contributed by atoms with Crippen LogP contribution in [0.3, 0.4) is 0 Å². The van der Waals surface area contributed by atoms with Crippen LogP contribution < -0.4 is 0 Å². The Morgan fingerprint density at radius 1 is 1.33 bits per heavy atom. The lowest BCUT2D eigenvalue weighted by atomic mass is 10.2. The highest BCUT2D eigenvalue weighted by Gasteiger charge is 1.99. The maximum atomic E-state index is 3.74. The monoisotopic (exact) mass is 192 g/mol. The second-order valence-corrected chi connectivity index (χ2v) is 4.31. The Morgan fingerprint density at radius 3 is 2.83 bits per heavy atom. The molecule has 12 heavy (non-hydrogen) atoms. The molecule has 0 aliphatic carbocycles. The molecule has 0 bridgehead atoms. The zero-order valence-corrected chi connectivity index (χ0v) is 8.12. The van der Waals surface area contributed by atoms with E-state index in [1.54, 1.807) is 22.7 Å². The first-order chi connectivity index (χ1) is 5.90. The minimum atomic E-state index is 1.23. The van der Waals surface area contributed by atoms with Crippen LogP contribution in [-0.4, -0.2) is 0 Å². The summed E-state index contributed by atoms with van der Waals surface area (Å²) in [6.07, 6.45) is 1.89. The lowest BCUT2D eigenvalue weighted by Gasteiger charge is -1.86. The average Bonchev–Trinajstić information content (AvgIpc) is 2.75. The third-order valence-corrected chi connectivity index (χ3v) is 3.47. The second-order valence-electron chi connectivity index (χ2n) is 2.42. The molecule has 0 amide bonds. The molecule has 2 aromatic rings. The van der Waals surface area contributed by atoms with Gasteiger partial charge >= 0.3 is 0 Å². The number of rotatable bonds is 2. The van der Waals surface area contributed by atoms with Crippen LogP contribution in [0.25, 0.3) is 16.5 Å². The molecule has 2 rings (SSSR count). The Kier molecular flexibility index (Phi) is 2.11. The van der Waals surface area contributed by atoms with Crippen LogP contribution >= 0.6 is 22.7 Å². The van der Waals surface area contributed by atoms with Gasteiger partial charge in [0.05, 0.1) is 0 Å². The van der Waals surface area contributed by atoms with Gasteiger partial charge in [-0.1, -0.05) is 18.7 Å². The first-order valence-corrected chi connectivity index (χ1v) is 5.41. The molecule has 0 radical (unpaired) electrons. The molecule has 0 saturated carbocycles. The molecule has 0 N–H and O–H groups in total. The van der Waals surface area contributed by atoms with Gasteiger partial charge in [-0.2, -0.15) is 0 Å². The first-order valence-electron chi connectivity index (χ1n) is 3.65. The van der Waals surface area contributed by atoms with Crippen LogP contribution in [0, 0.1) is 0 Å². The third kappa shape index (κ3) is 1.36. The maximum absolute atomic E-state index is 3.74. The van der Waals surface area contributed by atoms with E-state index in [2.05, 4.69) is 35.5 Å². The van der Waals surface area contributed by atoms with Crippen LogP contribution in [0.15, 0.2) is 35.5 Å². The maximum Gasteiger partial charge on any atom is 0.0351 e. The van der Waals surface area contributed by atoms with Crippen molar-refractivity contribution in [2.24, 2.45) is 0 Å². The van der Waals surface area contributed by atoms with Crippen molar-refractivity contribution >= 4 is 28.7 Å². The topological polar surface area (TPSA) is 0 Å². The lowest BCUT2D eigenvalue weighted by Crippen LogP contribution is -1.60. The molecule has 2 aromatic heterocycles. The summed E-state index contributed by atoms with van der Waals surface area (Å²) in [6.45, 7) is 3.74. The molecule has 0 nitrogen and oxygen atoms in total. The Bertz CT molecular complexity index is 368. The van der Waals surface area contributed by atoms with Crippen molar-refractivity contribution < 1.29 is 0 Å². The molecule has 0 saturated heterocycles. The van der Waals surface area contributed by atoms with Gasteiger partial charge in [0.15, 0.2) is 0 Å². The molecule has 0 aromatic carbocycles. The third-order valence-electron chi connectivity index (χ3n) is 1.63. The minimum absolute atomic E-state index is 1.23. The summed E-state index contributed by atoms with van der Waals surface area (Å²) in [5.41, 5.74) is 1.31. The van der Waals surface area contributed by atoms with Gasteiger partial charge in [-0.25, -0.2) is 0 Å². The van der Waals surface area contributed by atoms with Gasteiger partial charge < -0.3 is 0 Å². The standard InChI is InChI=1S/C10H8S2/c1-2-9-6-8(7-12-9)10-4-3-5-11-10/h2-7H,1H2. The Hall–Kier alpha value is -0.860. The quantitative estimate of drug-likeness (QED) is 0.671. The van der Waals surface area contributed by atoms with Crippen molar-refractivity contribution in [3.8, 4) is 10.4 Å². The van der Waals surface area contributed by atoms with Gasteiger partial charge in [0.2, 0.25) is 0 Å². The Balaban J connectivity index is 2.41. The van der Waals surface area contributed by atoms with E-state index in [0.29, 0.717) is 0 Å². The molecule has 0 spiro atoms. The fourth-order valence-electron chi connectivity index (χ4n) is 1.03. The number of hydrogen-bond acceptors (Lipinski definition) is 2. The van der Waals surface area contributed by atoms with Gasteiger partial charge in [-0.3, -0.25) is 0 Å². The summed E-state index contributed by atoms with van der Waals surface area (Å²) < 4.78 is 0. The van der Waals surface area contributed by atoms with Crippen molar-refractivity contribution in [1.82, 2.24) is 0 Å². The first kappa shape index (κ1) is 7.77. The molecule has 2 heteroatoms. The van der Waals surface area contributed by atoms with Gasteiger partial charge in [-0.05, 0) is 22.9 Å². The van der Waals surface area contributed by atoms with E-state index < -0.39 is 0 Å². The predicted molar refractivity (Wildman–Crippen MR) is 57.7 cm³/mol. The fourth-order valence-corrected chi connectivity index (χ4v) is 2.57. The Labute approximate surface area is 79.8 Å². The van der Waals surface area contributed by atoms with Crippen molar-refractivity contribution in [1.29, 1.82) is 0 Å². The van der Waals surface area contributed by atoms with Gasteiger partial charge in [0.25, 0.3) is 0 Å². The van der Waals surface area contributed by atoms with Crippen molar-refractivity contribution in [3.63, 3.8) is 0 Å². The van der Waals surface area contributed by atoms with Crippen LogP contribution in [0.5, 0.6) is 0 Å². The molecule has 0 aliphatic heterocycles. The molecule has 0 fully saturated rings. The summed E-state index contributed by atoms with van der Waals surface area (Å²) in [6, 6.07) is 6.38. The normalized spacial score (nSPS) is 10.0. The average molecular weight is 192 g/mol. The molecule has 60 valence electrons. The molecule has 0 unspecified atom stereocenters. The van der Waals surface area contributed by atoms with E-state index in [-0.39, 0.29) is 0 Å².